The van der Waals surface area contributed by atoms with Crippen LogP contribution in [0.5, 0.6) is 0 Å². The van der Waals surface area contributed by atoms with Crippen molar-refractivity contribution in [1.29, 1.82) is 0 Å². The molecule has 2 aromatic heterocycles. The van der Waals surface area contributed by atoms with Gasteiger partial charge >= 0.3 is 0 Å². The molecule has 0 N–H and O–H groups in total. The molecule has 5 nitrogen and oxygen atoms in total. The summed E-state index contributed by atoms with van der Waals surface area (Å²) in [5.41, 5.74) is 3.42. The van der Waals surface area contributed by atoms with Gasteiger partial charge in [-0.3, -0.25) is 9.78 Å². The van der Waals surface area contributed by atoms with Crippen LogP contribution in [0, 0.1) is 5.92 Å². The van der Waals surface area contributed by atoms with Crippen LogP contribution in [0.4, 0.5) is 0 Å². The van der Waals surface area contributed by atoms with Crippen LogP contribution in [0.2, 0.25) is 0 Å². The molecule has 1 saturated heterocycles. The zero-order valence-corrected chi connectivity index (χ0v) is 14.9. The summed E-state index contributed by atoms with van der Waals surface area (Å²) in [6.45, 7) is 2.44. The molecule has 5 heteroatoms. The van der Waals surface area contributed by atoms with Gasteiger partial charge in [0, 0.05) is 38.4 Å². The molecule has 0 radical (unpaired) electrons. The number of para-hydroxylation sites is 2. The molecule has 4 rings (SSSR count). The fourth-order valence-electron chi connectivity index (χ4n) is 3.80. The van der Waals surface area contributed by atoms with Gasteiger partial charge in [0.05, 0.1) is 17.4 Å². The number of rotatable bonds is 5. The number of likely N-dealkylation sites (tertiary alicyclic amines) is 1. The number of piperidine rings is 1. The van der Waals surface area contributed by atoms with Gasteiger partial charge in [0.2, 0.25) is 5.91 Å². The zero-order chi connectivity index (χ0) is 17.8. The molecule has 1 aliphatic heterocycles. The maximum atomic E-state index is 12.6. The van der Waals surface area contributed by atoms with Crippen LogP contribution in [0.1, 0.15) is 24.8 Å². The maximum absolute atomic E-state index is 12.6. The number of benzene rings is 1. The minimum atomic E-state index is 0.255. The second-order valence-corrected chi connectivity index (χ2v) is 7.06. The summed E-state index contributed by atoms with van der Waals surface area (Å²) in [5.74, 6) is 0.921. The lowest BCUT2D eigenvalue weighted by Gasteiger charge is -2.32. The number of hydrogen-bond donors (Lipinski definition) is 0. The van der Waals surface area contributed by atoms with Gasteiger partial charge in [0.25, 0.3) is 0 Å². The van der Waals surface area contributed by atoms with E-state index in [1.54, 1.807) is 0 Å². The summed E-state index contributed by atoms with van der Waals surface area (Å²) < 4.78 is 2.07. The molecule has 134 valence electrons. The molecule has 0 spiro atoms. The fourth-order valence-corrected chi connectivity index (χ4v) is 3.80. The number of nitrogens with zero attached hydrogens (tertiary/aromatic N) is 4. The highest BCUT2D eigenvalue weighted by Gasteiger charge is 2.22. The molecule has 1 amide bonds. The highest BCUT2D eigenvalue weighted by atomic mass is 16.2. The third-order valence-electron chi connectivity index (χ3n) is 5.33. The van der Waals surface area contributed by atoms with E-state index >= 15 is 0 Å². The van der Waals surface area contributed by atoms with Crippen molar-refractivity contribution in [2.24, 2.45) is 5.92 Å². The lowest BCUT2D eigenvalue weighted by atomic mass is 9.90. The smallest absolute Gasteiger partial charge is 0.224 e. The Labute approximate surface area is 153 Å². The van der Waals surface area contributed by atoms with Gasteiger partial charge in [-0.05, 0) is 55.0 Å². The quantitative estimate of drug-likeness (QED) is 0.711. The Morgan fingerprint density at radius 3 is 2.65 bits per heavy atom. The van der Waals surface area contributed by atoms with Crippen molar-refractivity contribution in [3.05, 3.63) is 60.7 Å². The number of hydrogen-bond acceptors (Lipinski definition) is 3. The van der Waals surface area contributed by atoms with Gasteiger partial charge < -0.3 is 9.47 Å². The number of aromatic nitrogens is 3. The third-order valence-corrected chi connectivity index (χ3v) is 5.33. The van der Waals surface area contributed by atoms with Crippen molar-refractivity contribution in [3.8, 4) is 0 Å². The van der Waals surface area contributed by atoms with Gasteiger partial charge in [0.15, 0.2) is 0 Å². The van der Waals surface area contributed by atoms with Crippen molar-refractivity contribution in [2.45, 2.75) is 32.2 Å². The number of aryl methyl sites for hydroxylation is 1. The Bertz CT molecular complexity index is 866. The van der Waals surface area contributed by atoms with E-state index in [0.29, 0.717) is 18.9 Å². The molecule has 0 saturated carbocycles. The molecule has 0 aliphatic carbocycles. The predicted octanol–water partition coefficient (Wildman–Crippen LogP) is 3.30. The molecule has 1 fully saturated rings. The Morgan fingerprint density at radius 2 is 1.85 bits per heavy atom. The third kappa shape index (κ3) is 3.77. The van der Waals surface area contributed by atoms with Crippen molar-refractivity contribution in [2.75, 3.05) is 13.1 Å². The van der Waals surface area contributed by atoms with E-state index in [9.17, 15) is 4.79 Å². The number of amides is 1. The topological polar surface area (TPSA) is 51.0 Å². The van der Waals surface area contributed by atoms with E-state index in [1.807, 2.05) is 41.8 Å². The molecule has 1 aliphatic rings. The van der Waals surface area contributed by atoms with Gasteiger partial charge in [-0.25, -0.2) is 4.98 Å². The lowest BCUT2D eigenvalue weighted by molar-refractivity contribution is -0.132. The van der Waals surface area contributed by atoms with Crippen molar-refractivity contribution < 1.29 is 4.79 Å². The average molecular weight is 348 g/mol. The lowest BCUT2D eigenvalue weighted by Crippen LogP contribution is -2.39. The van der Waals surface area contributed by atoms with E-state index < -0.39 is 0 Å². The van der Waals surface area contributed by atoms with Crippen LogP contribution in [0.3, 0.4) is 0 Å². The summed E-state index contributed by atoms with van der Waals surface area (Å²) in [7, 11) is 0. The highest BCUT2D eigenvalue weighted by Crippen LogP contribution is 2.22. The summed E-state index contributed by atoms with van der Waals surface area (Å²) in [5, 5.41) is 0. The molecule has 0 unspecified atom stereocenters. The van der Waals surface area contributed by atoms with Crippen molar-refractivity contribution >= 4 is 16.9 Å². The van der Waals surface area contributed by atoms with E-state index in [2.05, 4.69) is 32.7 Å². The standard InChI is InChI=1S/C21H24N4O/c26-21(9-14-25-16-23-19-3-1-2-4-20(19)25)24-12-7-18(8-13-24)15-17-5-10-22-11-6-17/h1-6,10-11,16,18H,7-9,12-15H2. The van der Waals surface area contributed by atoms with Gasteiger partial charge in [-0.2, -0.15) is 0 Å². The summed E-state index contributed by atoms with van der Waals surface area (Å²) >= 11 is 0. The van der Waals surface area contributed by atoms with E-state index in [0.717, 1.165) is 43.4 Å². The molecule has 3 aromatic rings. The Hall–Kier alpha value is -2.69. The second kappa shape index (κ2) is 7.68. The monoisotopic (exact) mass is 348 g/mol. The Morgan fingerprint density at radius 1 is 1.08 bits per heavy atom. The minimum absolute atomic E-state index is 0.255. The summed E-state index contributed by atoms with van der Waals surface area (Å²) in [4.78, 5) is 23.1. The number of carbonyl (C=O) groups is 1. The van der Waals surface area contributed by atoms with Crippen LogP contribution in [-0.2, 0) is 17.8 Å². The average Bonchev–Trinajstić information content (AvgIpc) is 3.11. The van der Waals surface area contributed by atoms with E-state index in [-0.39, 0.29) is 5.91 Å². The number of fused-ring (bicyclic) bond motifs is 1. The van der Waals surface area contributed by atoms with Crippen molar-refractivity contribution in [3.63, 3.8) is 0 Å². The predicted molar refractivity (Wildman–Crippen MR) is 102 cm³/mol. The van der Waals surface area contributed by atoms with Crippen LogP contribution in [-0.4, -0.2) is 38.4 Å². The van der Waals surface area contributed by atoms with Gasteiger partial charge in [-0.15, -0.1) is 0 Å². The first-order valence-electron chi connectivity index (χ1n) is 9.36. The first-order chi connectivity index (χ1) is 12.8. The SMILES string of the molecule is O=C(CCn1cnc2ccccc21)N1CCC(Cc2ccncc2)CC1. The summed E-state index contributed by atoms with van der Waals surface area (Å²) in [6.07, 6.45) is 9.34. The molecule has 1 aromatic carbocycles. The number of pyridine rings is 1. The van der Waals surface area contributed by atoms with Crippen LogP contribution in [0.15, 0.2) is 55.1 Å². The van der Waals surface area contributed by atoms with Gasteiger partial charge in [0.1, 0.15) is 0 Å². The highest BCUT2D eigenvalue weighted by molar-refractivity contribution is 5.77. The largest absolute Gasteiger partial charge is 0.343 e. The fraction of sp³-hybridized carbons (Fsp3) is 0.381. The van der Waals surface area contributed by atoms with Crippen LogP contribution < -0.4 is 0 Å². The van der Waals surface area contributed by atoms with E-state index in [4.69, 9.17) is 0 Å². The van der Waals surface area contributed by atoms with Crippen LogP contribution in [0.25, 0.3) is 11.0 Å². The zero-order valence-electron chi connectivity index (χ0n) is 14.9. The molecular formula is C21H24N4O. The normalized spacial score (nSPS) is 15.5. The second-order valence-electron chi connectivity index (χ2n) is 7.06. The molecule has 3 heterocycles. The van der Waals surface area contributed by atoms with Crippen molar-refractivity contribution in [1.82, 2.24) is 19.4 Å². The van der Waals surface area contributed by atoms with Crippen LogP contribution >= 0.6 is 0 Å². The Kier molecular flexibility index (Phi) is 4.95. The minimum Gasteiger partial charge on any atom is -0.343 e. The Balaban J connectivity index is 1.27. The van der Waals surface area contributed by atoms with Gasteiger partial charge in [-0.1, -0.05) is 12.1 Å². The molecule has 0 bridgehead atoms. The number of imidazole rings is 1. The molecular weight excluding hydrogens is 324 g/mol. The molecule has 26 heavy (non-hydrogen) atoms. The number of carbonyl (C=O) groups excluding carboxylic acids is 1. The van der Waals surface area contributed by atoms with E-state index in [1.165, 1.54) is 5.56 Å². The maximum Gasteiger partial charge on any atom is 0.224 e. The summed E-state index contributed by atoms with van der Waals surface area (Å²) in [6, 6.07) is 12.2. The first-order valence-corrected chi connectivity index (χ1v) is 9.36. The first kappa shape index (κ1) is 16.8. The molecule has 0 atom stereocenters.